The zero-order chi connectivity index (χ0) is 9.90. The number of nitrogens with one attached hydrogen (secondary N) is 2. The molecule has 0 aromatic heterocycles. The van der Waals surface area contributed by atoms with E-state index in [1.54, 1.807) is 0 Å². The third-order valence-electron chi connectivity index (χ3n) is 2.09. The summed E-state index contributed by atoms with van der Waals surface area (Å²) < 4.78 is 0. The van der Waals surface area contributed by atoms with Gasteiger partial charge < -0.3 is 10.1 Å². The highest BCUT2D eigenvalue weighted by Crippen LogP contribution is 2.15. The van der Waals surface area contributed by atoms with E-state index in [1.165, 1.54) is 0 Å². The smallest absolute Gasteiger partial charge is 0.317 e. The van der Waals surface area contributed by atoms with E-state index in [2.05, 4.69) is 5.32 Å². The predicted octanol–water partition coefficient (Wildman–Crippen LogP) is -0.0463. The number of hydrogen-bond acceptors (Lipinski definition) is 3. The van der Waals surface area contributed by atoms with Crippen LogP contribution in [0.25, 0.3) is 0 Å². The molecule has 1 fully saturated rings. The van der Waals surface area contributed by atoms with Gasteiger partial charge in [0.05, 0.1) is 0 Å². The second-order valence-corrected chi connectivity index (χ2v) is 3.10. The van der Waals surface area contributed by atoms with E-state index < -0.39 is 17.5 Å². The minimum Gasteiger partial charge on any atom is -0.317 e. The van der Waals surface area contributed by atoms with Gasteiger partial charge in [-0.3, -0.25) is 10.1 Å². The van der Waals surface area contributed by atoms with Gasteiger partial charge in [-0.05, 0) is 6.42 Å². The third kappa shape index (κ3) is 1.68. The molecule has 5 heteroatoms. The van der Waals surface area contributed by atoms with Gasteiger partial charge in [-0.1, -0.05) is 19.8 Å². The molecule has 0 saturated carbocycles. The lowest BCUT2D eigenvalue weighted by molar-refractivity contribution is -0.129. The van der Waals surface area contributed by atoms with Crippen molar-refractivity contribution < 1.29 is 14.4 Å². The van der Waals surface area contributed by atoms with Gasteiger partial charge in [0, 0.05) is 0 Å². The molecule has 1 atom stereocenters. The summed E-state index contributed by atoms with van der Waals surface area (Å²) in [5.41, 5.74) is -1.31. The van der Waals surface area contributed by atoms with E-state index in [0.29, 0.717) is 12.7 Å². The van der Waals surface area contributed by atoms with Gasteiger partial charge >= 0.3 is 6.03 Å². The SMILES string of the molecule is CCCC[C@@]1(C=O)NC(=O)NC1=O. The van der Waals surface area contributed by atoms with Gasteiger partial charge in [0.15, 0.2) is 11.8 Å². The van der Waals surface area contributed by atoms with Crippen LogP contribution >= 0.6 is 0 Å². The topological polar surface area (TPSA) is 75.3 Å². The lowest BCUT2D eigenvalue weighted by Crippen LogP contribution is -2.48. The maximum absolute atomic E-state index is 11.2. The minimum atomic E-state index is -1.31. The molecule has 5 nitrogen and oxygen atoms in total. The van der Waals surface area contributed by atoms with Crippen molar-refractivity contribution in [3.63, 3.8) is 0 Å². The molecule has 0 spiro atoms. The number of urea groups is 1. The van der Waals surface area contributed by atoms with Gasteiger partial charge in [-0.2, -0.15) is 0 Å². The molecule has 0 radical (unpaired) electrons. The molecule has 1 heterocycles. The van der Waals surface area contributed by atoms with Gasteiger partial charge in [0.1, 0.15) is 0 Å². The number of unbranched alkanes of at least 4 members (excludes halogenated alkanes) is 1. The fraction of sp³-hybridized carbons (Fsp3) is 0.625. The number of carbonyl (C=O) groups excluding carboxylic acids is 3. The molecule has 0 aromatic carbocycles. The molecule has 0 aromatic rings. The Hall–Kier alpha value is -1.39. The van der Waals surface area contributed by atoms with Gasteiger partial charge in [-0.25, -0.2) is 4.79 Å². The summed E-state index contributed by atoms with van der Waals surface area (Å²) in [4.78, 5) is 32.7. The Bertz CT molecular complexity index is 252. The van der Waals surface area contributed by atoms with Crippen molar-refractivity contribution >= 4 is 18.2 Å². The van der Waals surface area contributed by atoms with Crippen LogP contribution in [0.15, 0.2) is 0 Å². The highest BCUT2D eigenvalue weighted by molar-refractivity contribution is 6.15. The van der Waals surface area contributed by atoms with E-state index in [9.17, 15) is 14.4 Å². The fourth-order valence-electron chi connectivity index (χ4n) is 1.28. The number of amides is 3. The third-order valence-corrected chi connectivity index (χ3v) is 2.09. The second kappa shape index (κ2) is 3.55. The molecule has 0 bridgehead atoms. The van der Waals surface area contributed by atoms with Crippen molar-refractivity contribution in [3.05, 3.63) is 0 Å². The number of hydrogen-bond donors (Lipinski definition) is 2. The van der Waals surface area contributed by atoms with Gasteiger partial charge in [-0.15, -0.1) is 0 Å². The van der Waals surface area contributed by atoms with Crippen molar-refractivity contribution in [2.45, 2.75) is 31.7 Å². The van der Waals surface area contributed by atoms with Crippen LogP contribution in [0, 0.1) is 0 Å². The summed E-state index contributed by atoms with van der Waals surface area (Å²) in [6.07, 6.45) is 2.47. The molecule has 72 valence electrons. The van der Waals surface area contributed by atoms with E-state index in [0.717, 1.165) is 12.8 Å². The molecule has 13 heavy (non-hydrogen) atoms. The molecular weight excluding hydrogens is 172 g/mol. The van der Waals surface area contributed by atoms with Crippen molar-refractivity contribution in [2.24, 2.45) is 0 Å². The van der Waals surface area contributed by atoms with Crippen LogP contribution < -0.4 is 10.6 Å². The number of imide groups is 1. The highest BCUT2D eigenvalue weighted by Gasteiger charge is 2.45. The van der Waals surface area contributed by atoms with Crippen LogP contribution in [0.3, 0.4) is 0 Å². The van der Waals surface area contributed by atoms with Crippen LogP contribution in [-0.4, -0.2) is 23.8 Å². The summed E-state index contributed by atoms with van der Waals surface area (Å²) >= 11 is 0. The molecule has 2 N–H and O–H groups in total. The molecule has 1 aliphatic rings. The zero-order valence-corrected chi connectivity index (χ0v) is 7.42. The number of rotatable bonds is 4. The first-order chi connectivity index (χ1) is 6.14. The monoisotopic (exact) mass is 184 g/mol. The van der Waals surface area contributed by atoms with Crippen molar-refractivity contribution in [3.8, 4) is 0 Å². The maximum Gasteiger partial charge on any atom is 0.322 e. The summed E-state index contributed by atoms with van der Waals surface area (Å²) in [6.45, 7) is 1.95. The Balaban J connectivity index is 2.74. The molecule has 3 amide bonds. The summed E-state index contributed by atoms with van der Waals surface area (Å²) in [5.74, 6) is -0.541. The van der Waals surface area contributed by atoms with E-state index >= 15 is 0 Å². The quantitative estimate of drug-likeness (QED) is 0.365. The Labute approximate surface area is 75.9 Å². The van der Waals surface area contributed by atoms with E-state index in [-0.39, 0.29) is 0 Å². The molecule has 0 unspecified atom stereocenters. The highest BCUT2D eigenvalue weighted by atomic mass is 16.2. The predicted molar refractivity (Wildman–Crippen MR) is 45.0 cm³/mol. The number of carbonyl (C=O) groups is 3. The van der Waals surface area contributed by atoms with Crippen LogP contribution in [-0.2, 0) is 9.59 Å². The van der Waals surface area contributed by atoms with Crippen molar-refractivity contribution in [2.75, 3.05) is 0 Å². The van der Waals surface area contributed by atoms with Crippen molar-refractivity contribution in [1.29, 1.82) is 0 Å². The summed E-state index contributed by atoms with van der Waals surface area (Å²) in [5, 5.41) is 4.38. The molecular formula is C8H12N2O3. The molecule has 1 rings (SSSR count). The van der Waals surface area contributed by atoms with Crippen LogP contribution in [0.5, 0.6) is 0 Å². The lowest BCUT2D eigenvalue weighted by Gasteiger charge is -2.17. The Morgan fingerprint density at radius 1 is 1.46 bits per heavy atom. The first-order valence-electron chi connectivity index (χ1n) is 4.24. The Morgan fingerprint density at radius 3 is 2.54 bits per heavy atom. The zero-order valence-electron chi connectivity index (χ0n) is 7.42. The maximum atomic E-state index is 11.2. The van der Waals surface area contributed by atoms with Crippen molar-refractivity contribution in [1.82, 2.24) is 10.6 Å². The first kappa shape index (κ1) is 9.70. The fourth-order valence-corrected chi connectivity index (χ4v) is 1.28. The Morgan fingerprint density at radius 2 is 2.15 bits per heavy atom. The summed E-state index contributed by atoms with van der Waals surface area (Å²) in [6, 6.07) is -0.590. The van der Waals surface area contributed by atoms with Gasteiger partial charge in [0.25, 0.3) is 5.91 Å². The van der Waals surface area contributed by atoms with Crippen LogP contribution in [0.2, 0.25) is 0 Å². The van der Waals surface area contributed by atoms with E-state index in [1.807, 2.05) is 12.2 Å². The second-order valence-electron chi connectivity index (χ2n) is 3.10. The van der Waals surface area contributed by atoms with Crippen LogP contribution in [0.1, 0.15) is 26.2 Å². The standard InChI is InChI=1S/C8H12N2O3/c1-2-3-4-8(5-11)6(12)9-7(13)10-8/h5H,2-4H2,1H3,(H2,9,10,12,13)/t8-/m0/s1. The molecule has 0 aliphatic carbocycles. The molecule has 1 saturated heterocycles. The first-order valence-corrected chi connectivity index (χ1v) is 4.24. The largest absolute Gasteiger partial charge is 0.322 e. The minimum absolute atomic E-state index is 0.366. The van der Waals surface area contributed by atoms with Gasteiger partial charge in [0.2, 0.25) is 0 Å². The summed E-state index contributed by atoms with van der Waals surface area (Å²) in [7, 11) is 0. The average molecular weight is 184 g/mol. The average Bonchev–Trinajstić information content (AvgIpc) is 2.38. The molecule has 1 aliphatic heterocycles. The van der Waals surface area contributed by atoms with E-state index in [4.69, 9.17) is 0 Å². The lowest BCUT2D eigenvalue weighted by atomic mass is 9.95. The normalized spacial score (nSPS) is 26.8. The Kier molecular flexibility index (Phi) is 2.65. The van der Waals surface area contributed by atoms with Crippen LogP contribution in [0.4, 0.5) is 4.79 Å². The number of aldehydes is 1.